The van der Waals surface area contributed by atoms with Crippen LogP contribution >= 0.6 is 11.3 Å². The molecule has 0 amide bonds. The van der Waals surface area contributed by atoms with Crippen molar-refractivity contribution < 1.29 is 0 Å². The third kappa shape index (κ3) is 4.00. The third-order valence-electron chi connectivity index (χ3n) is 3.80. The molecule has 3 rings (SSSR count). The molecule has 0 N–H and O–H groups in total. The molecule has 0 saturated heterocycles. The Bertz CT molecular complexity index is 754. The zero-order valence-electron chi connectivity index (χ0n) is 13.4. The SMILES string of the molecule is CCN(Cc1csc(-c2ncccn2)n1)Cc1ccccc1C. The number of aryl methyl sites for hydroxylation is 1. The first-order valence-electron chi connectivity index (χ1n) is 7.75. The van der Waals surface area contributed by atoms with Gasteiger partial charge in [0.25, 0.3) is 0 Å². The zero-order valence-corrected chi connectivity index (χ0v) is 14.3. The molecule has 23 heavy (non-hydrogen) atoms. The maximum Gasteiger partial charge on any atom is 0.188 e. The highest BCUT2D eigenvalue weighted by molar-refractivity contribution is 7.13. The van der Waals surface area contributed by atoms with Crippen LogP contribution in [0, 0.1) is 6.92 Å². The van der Waals surface area contributed by atoms with E-state index in [4.69, 9.17) is 0 Å². The molecule has 0 aliphatic carbocycles. The van der Waals surface area contributed by atoms with Crippen LogP contribution in [0.2, 0.25) is 0 Å². The summed E-state index contributed by atoms with van der Waals surface area (Å²) in [6, 6.07) is 10.4. The van der Waals surface area contributed by atoms with Crippen LogP contribution in [0.15, 0.2) is 48.1 Å². The average molecular weight is 324 g/mol. The summed E-state index contributed by atoms with van der Waals surface area (Å²) >= 11 is 1.60. The Labute approximate surface area is 140 Å². The van der Waals surface area contributed by atoms with Gasteiger partial charge in [-0.05, 0) is 30.7 Å². The minimum absolute atomic E-state index is 0.700. The quantitative estimate of drug-likeness (QED) is 0.689. The molecule has 3 aromatic rings. The van der Waals surface area contributed by atoms with Crippen LogP contribution in [0.4, 0.5) is 0 Å². The second kappa shape index (κ2) is 7.44. The van der Waals surface area contributed by atoms with Crippen LogP contribution in [-0.2, 0) is 13.1 Å². The minimum atomic E-state index is 0.700. The molecule has 2 heterocycles. The van der Waals surface area contributed by atoms with Crippen LogP contribution in [0.1, 0.15) is 23.7 Å². The third-order valence-corrected chi connectivity index (χ3v) is 4.68. The predicted molar refractivity (Wildman–Crippen MR) is 94.1 cm³/mol. The highest BCUT2D eigenvalue weighted by Gasteiger charge is 2.11. The lowest BCUT2D eigenvalue weighted by molar-refractivity contribution is 0.268. The van der Waals surface area contributed by atoms with E-state index in [0.29, 0.717) is 5.82 Å². The van der Waals surface area contributed by atoms with Crippen molar-refractivity contribution in [1.82, 2.24) is 19.9 Å². The molecule has 1 aromatic carbocycles. The van der Waals surface area contributed by atoms with Gasteiger partial charge in [-0.25, -0.2) is 15.0 Å². The number of benzene rings is 1. The second-order valence-electron chi connectivity index (χ2n) is 5.45. The van der Waals surface area contributed by atoms with Gasteiger partial charge in [-0.1, -0.05) is 31.2 Å². The maximum absolute atomic E-state index is 4.68. The fourth-order valence-corrected chi connectivity index (χ4v) is 3.18. The van der Waals surface area contributed by atoms with Crippen LogP contribution < -0.4 is 0 Å². The predicted octanol–water partition coefficient (Wildman–Crippen LogP) is 3.93. The molecule has 0 aliphatic rings. The van der Waals surface area contributed by atoms with Crippen molar-refractivity contribution in [1.29, 1.82) is 0 Å². The first kappa shape index (κ1) is 15.8. The Morgan fingerprint density at radius 3 is 2.57 bits per heavy atom. The molecule has 118 valence electrons. The molecule has 0 fully saturated rings. The standard InChI is InChI=1S/C18H20N4S/c1-3-22(11-15-8-5-4-7-14(15)2)12-16-13-23-18(21-16)17-19-9-6-10-20-17/h4-10,13H,3,11-12H2,1-2H3. The van der Waals surface area contributed by atoms with Gasteiger partial charge in [-0.3, -0.25) is 4.90 Å². The lowest BCUT2D eigenvalue weighted by atomic mass is 10.1. The van der Waals surface area contributed by atoms with Crippen molar-refractivity contribution in [3.8, 4) is 10.8 Å². The van der Waals surface area contributed by atoms with Crippen molar-refractivity contribution in [3.63, 3.8) is 0 Å². The van der Waals surface area contributed by atoms with Gasteiger partial charge >= 0.3 is 0 Å². The average Bonchev–Trinajstić information content (AvgIpc) is 3.05. The van der Waals surface area contributed by atoms with Crippen LogP contribution in [-0.4, -0.2) is 26.4 Å². The molecule has 0 unspecified atom stereocenters. The van der Waals surface area contributed by atoms with Gasteiger partial charge in [0.15, 0.2) is 10.8 Å². The molecule has 0 spiro atoms. The summed E-state index contributed by atoms with van der Waals surface area (Å²) in [4.78, 5) is 15.6. The summed E-state index contributed by atoms with van der Waals surface area (Å²) in [5.74, 6) is 0.700. The number of hydrogen-bond acceptors (Lipinski definition) is 5. The Kier molecular flexibility index (Phi) is 5.10. The number of rotatable bonds is 6. The van der Waals surface area contributed by atoms with E-state index in [2.05, 4.69) is 63.3 Å². The summed E-state index contributed by atoms with van der Waals surface area (Å²) in [6.45, 7) is 7.12. The molecule has 0 atom stereocenters. The van der Waals surface area contributed by atoms with E-state index in [1.54, 1.807) is 23.7 Å². The van der Waals surface area contributed by atoms with Gasteiger partial charge in [0, 0.05) is 30.9 Å². The van der Waals surface area contributed by atoms with E-state index >= 15 is 0 Å². The van der Waals surface area contributed by atoms with E-state index in [1.165, 1.54) is 11.1 Å². The Balaban J connectivity index is 1.70. The number of nitrogens with zero attached hydrogens (tertiary/aromatic N) is 4. The number of thiazole rings is 1. The van der Waals surface area contributed by atoms with Crippen molar-refractivity contribution >= 4 is 11.3 Å². The summed E-state index contributed by atoms with van der Waals surface area (Å²) < 4.78 is 0. The van der Waals surface area contributed by atoms with E-state index in [0.717, 1.165) is 30.3 Å². The molecule has 0 aliphatic heterocycles. The highest BCUT2D eigenvalue weighted by atomic mass is 32.1. The molecule has 0 bridgehead atoms. The van der Waals surface area contributed by atoms with Gasteiger partial charge in [-0.15, -0.1) is 11.3 Å². The number of aromatic nitrogens is 3. The molecule has 5 heteroatoms. The van der Waals surface area contributed by atoms with Crippen LogP contribution in [0.5, 0.6) is 0 Å². The maximum atomic E-state index is 4.68. The Morgan fingerprint density at radius 2 is 1.83 bits per heavy atom. The van der Waals surface area contributed by atoms with Gasteiger partial charge in [-0.2, -0.15) is 0 Å². The Hall–Kier alpha value is -2.11. The van der Waals surface area contributed by atoms with E-state index in [1.807, 2.05) is 6.07 Å². The van der Waals surface area contributed by atoms with E-state index in [-0.39, 0.29) is 0 Å². The first-order valence-corrected chi connectivity index (χ1v) is 8.63. The largest absolute Gasteiger partial charge is 0.293 e. The zero-order chi connectivity index (χ0) is 16.1. The topological polar surface area (TPSA) is 41.9 Å². The first-order chi connectivity index (χ1) is 11.3. The van der Waals surface area contributed by atoms with Crippen molar-refractivity contribution in [2.45, 2.75) is 26.9 Å². The summed E-state index contributed by atoms with van der Waals surface area (Å²) in [7, 11) is 0. The molecular formula is C18H20N4S. The Morgan fingerprint density at radius 1 is 1.04 bits per heavy atom. The van der Waals surface area contributed by atoms with Gasteiger partial charge in [0.05, 0.1) is 5.69 Å². The molecule has 2 aromatic heterocycles. The summed E-state index contributed by atoms with van der Waals surface area (Å²) in [5, 5.41) is 2.99. The van der Waals surface area contributed by atoms with Gasteiger partial charge in [0.2, 0.25) is 0 Å². The van der Waals surface area contributed by atoms with E-state index < -0.39 is 0 Å². The van der Waals surface area contributed by atoms with Crippen LogP contribution in [0.3, 0.4) is 0 Å². The van der Waals surface area contributed by atoms with E-state index in [9.17, 15) is 0 Å². The highest BCUT2D eigenvalue weighted by Crippen LogP contribution is 2.21. The van der Waals surface area contributed by atoms with Crippen molar-refractivity contribution in [2.24, 2.45) is 0 Å². The normalized spacial score (nSPS) is 11.1. The fourth-order valence-electron chi connectivity index (χ4n) is 2.43. The second-order valence-corrected chi connectivity index (χ2v) is 6.30. The minimum Gasteiger partial charge on any atom is -0.293 e. The lowest BCUT2D eigenvalue weighted by Gasteiger charge is -2.20. The monoisotopic (exact) mass is 324 g/mol. The van der Waals surface area contributed by atoms with Crippen molar-refractivity contribution in [2.75, 3.05) is 6.54 Å². The van der Waals surface area contributed by atoms with Crippen molar-refractivity contribution in [3.05, 3.63) is 64.9 Å². The molecule has 0 radical (unpaired) electrons. The molecule has 0 saturated carbocycles. The molecular weight excluding hydrogens is 304 g/mol. The van der Waals surface area contributed by atoms with Gasteiger partial charge in [0.1, 0.15) is 0 Å². The van der Waals surface area contributed by atoms with Gasteiger partial charge < -0.3 is 0 Å². The number of hydrogen-bond donors (Lipinski definition) is 0. The van der Waals surface area contributed by atoms with Crippen LogP contribution in [0.25, 0.3) is 10.8 Å². The molecule has 4 nitrogen and oxygen atoms in total. The fraction of sp³-hybridized carbons (Fsp3) is 0.278. The summed E-state index contributed by atoms with van der Waals surface area (Å²) in [6.07, 6.45) is 3.50. The lowest BCUT2D eigenvalue weighted by Crippen LogP contribution is -2.22. The summed E-state index contributed by atoms with van der Waals surface area (Å²) in [5.41, 5.74) is 3.78. The smallest absolute Gasteiger partial charge is 0.188 e.